The minimum atomic E-state index is -0.316. The number of methoxy groups -OCH3 is 1. The molecule has 1 aliphatic heterocycles. The lowest BCUT2D eigenvalue weighted by Crippen LogP contribution is -2.34. The number of anilines is 1. The van der Waals surface area contributed by atoms with Gasteiger partial charge in [-0.05, 0) is 43.7 Å². The zero-order chi connectivity index (χ0) is 19.2. The van der Waals surface area contributed by atoms with Crippen molar-refractivity contribution in [3.8, 4) is 5.75 Å². The van der Waals surface area contributed by atoms with Crippen molar-refractivity contribution in [1.29, 1.82) is 0 Å². The molecule has 3 unspecified atom stereocenters. The highest BCUT2D eigenvalue weighted by molar-refractivity contribution is 6.00. The Balaban J connectivity index is 1.44. The predicted molar refractivity (Wildman–Crippen MR) is 104 cm³/mol. The van der Waals surface area contributed by atoms with Gasteiger partial charge in [-0.3, -0.25) is 9.59 Å². The molecule has 1 saturated heterocycles. The molecule has 1 aromatic rings. The number of nitrogens with one attached hydrogen (secondary N) is 1. The third-order valence-corrected chi connectivity index (χ3v) is 5.78. The first-order chi connectivity index (χ1) is 13.1. The lowest BCUT2D eigenvalue weighted by Gasteiger charge is -2.27. The maximum atomic E-state index is 12.4. The molecule has 2 amide bonds. The number of aliphatic hydroxyl groups is 1. The topological polar surface area (TPSA) is 78.9 Å². The Hall–Kier alpha value is -2.08. The molecule has 6 heteroatoms. The fourth-order valence-corrected chi connectivity index (χ4v) is 4.16. The first-order valence-corrected chi connectivity index (χ1v) is 9.98. The van der Waals surface area contributed by atoms with Gasteiger partial charge in [0.25, 0.3) is 0 Å². The third-order valence-electron chi connectivity index (χ3n) is 5.78. The number of ether oxygens (including phenoxy) is 1. The molecule has 148 valence electrons. The second-order valence-corrected chi connectivity index (χ2v) is 7.65. The van der Waals surface area contributed by atoms with E-state index >= 15 is 0 Å². The van der Waals surface area contributed by atoms with Crippen LogP contribution in [0.25, 0.3) is 0 Å². The molecule has 3 rings (SSSR count). The number of amides is 2. The molecule has 1 aliphatic carbocycles. The van der Waals surface area contributed by atoms with E-state index in [0.717, 1.165) is 37.8 Å². The number of carbonyl (C=O) groups is 2. The van der Waals surface area contributed by atoms with Crippen LogP contribution in [0.5, 0.6) is 5.75 Å². The fraction of sp³-hybridized carbons (Fsp3) is 0.619. The standard InChI is InChI=1S/C21H30N2O4/c1-27-18-9-4-8-17(13-18)23-14-16(12-20(23)25)21(26)22-11-5-7-15-6-2-3-10-19(15)24/h4,8-9,13,15-16,19,24H,2-3,5-7,10-12,14H2,1H3,(H,22,26). The molecular weight excluding hydrogens is 344 g/mol. The summed E-state index contributed by atoms with van der Waals surface area (Å²) in [5, 5.41) is 13.0. The van der Waals surface area contributed by atoms with Crippen molar-refractivity contribution in [2.45, 2.75) is 51.0 Å². The molecule has 2 fully saturated rings. The zero-order valence-electron chi connectivity index (χ0n) is 16.0. The Bertz CT molecular complexity index is 663. The number of rotatable bonds is 7. The molecule has 0 spiro atoms. The van der Waals surface area contributed by atoms with Crippen molar-refractivity contribution in [3.63, 3.8) is 0 Å². The molecule has 0 bridgehead atoms. The van der Waals surface area contributed by atoms with Crippen LogP contribution in [-0.4, -0.2) is 43.2 Å². The Morgan fingerprint density at radius 3 is 2.93 bits per heavy atom. The first kappa shape index (κ1) is 19.7. The summed E-state index contributed by atoms with van der Waals surface area (Å²) < 4.78 is 5.21. The van der Waals surface area contributed by atoms with Crippen LogP contribution in [0.15, 0.2) is 24.3 Å². The van der Waals surface area contributed by atoms with Crippen LogP contribution in [0.3, 0.4) is 0 Å². The highest BCUT2D eigenvalue weighted by atomic mass is 16.5. The van der Waals surface area contributed by atoms with Crippen LogP contribution in [0, 0.1) is 11.8 Å². The van der Waals surface area contributed by atoms with E-state index in [1.165, 1.54) is 6.42 Å². The Morgan fingerprint density at radius 2 is 2.15 bits per heavy atom. The predicted octanol–water partition coefficient (Wildman–Crippen LogP) is 2.50. The van der Waals surface area contributed by atoms with Crippen LogP contribution in [0.2, 0.25) is 0 Å². The third kappa shape index (κ3) is 5.01. The molecule has 0 radical (unpaired) electrons. The Morgan fingerprint density at radius 1 is 1.33 bits per heavy atom. The van der Waals surface area contributed by atoms with Crippen molar-refractivity contribution in [2.24, 2.45) is 11.8 Å². The largest absolute Gasteiger partial charge is 0.497 e. The van der Waals surface area contributed by atoms with E-state index in [1.807, 2.05) is 24.3 Å². The highest BCUT2D eigenvalue weighted by Crippen LogP contribution is 2.29. The molecule has 1 saturated carbocycles. The minimum Gasteiger partial charge on any atom is -0.497 e. The number of nitrogens with zero attached hydrogens (tertiary/aromatic N) is 1. The van der Waals surface area contributed by atoms with E-state index in [1.54, 1.807) is 12.0 Å². The van der Waals surface area contributed by atoms with Gasteiger partial charge < -0.3 is 20.1 Å². The van der Waals surface area contributed by atoms with Gasteiger partial charge in [-0.1, -0.05) is 18.9 Å². The number of carbonyl (C=O) groups excluding carboxylic acids is 2. The van der Waals surface area contributed by atoms with Crippen molar-refractivity contribution in [1.82, 2.24) is 5.32 Å². The van der Waals surface area contributed by atoms with Gasteiger partial charge in [0.2, 0.25) is 11.8 Å². The summed E-state index contributed by atoms with van der Waals surface area (Å²) >= 11 is 0. The van der Waals surface area contributed by atoms with Gasteiger partial charge in [0.15, 0.2) is 0 Å². The molecular formula is C21H30N2O4. The second kappa shape index (κ2) is 9.22. The summed E-state index contributed by atoms with van der Waals surface area (Å²) in [4.78, 5) is 26.4. The van der Waals surface area contributed by atoms with Crippen LogP contribution in [-0.2, 0) is 9.59 Å². The van der Waals surface area contributed by atoms with E-state index in [2.05, 4.69) is 5.32 Å². The summed E-state index contributed by atoms with van der Waals surface area (Å²) in [7, 11) is 1.59. The van der Waals surface area contributed by atoms with Gasteiger partial charge in [0.05, 0.1) is 19.1 Å². The van der Waals surface area contributed by atoms with Crippen molar-refractivity contribution in [2.75, 3.05) is 25.1 Å². The van der Waals surface area contributed by atoms with Gasteiger partial charge in [-0.15, -0.1) is 0 Å². The maximum absolute atomic E-state index is 12.4. The average molecular weight is 374 g/mol. The van der Waals surface area contributed by atoms with Crippen molar-refractivity contribution < 1.29 is 19.4 Å². The van der Waals surface area contributed by atoms with Crippen LogP contribution >= 0.6 is 0 Å². The van der Waals surface area contributed by atoms with Crippen LogP contribution in [0.4, 0.5) is 5.69 Å². The van der Waals surface area contributed by atoms with Gasteiger partial charge in [-0.25, -0.2) is 0 Å². The van der Waals surface area contributed by atoms with Gasteiger partial charge in [0, 0.05) is 31.3 Å². The molecule has 3 atom stereocenters. The number of hydrogen-bond acceptors (Lipinski definition) is 4. The van der Waals surface area contributed by atoms with E-state index in [4.69, 9.17) is 4.74 Å². The lowest BCUT2D eigenvalue weighted by atomic mass is 9.83. The molecule has 2 aliphatic rings. The van der Waals surface area contributed by atoms with E-state index in [9.17, 15) is 14.7 Å². The van der Waals surface area contributed by atoms with Crippen molar-refractivity contribution in [3.05, 3.63) is 24.3 Å². The highest BCUT2D eigenvalue weighted by Gasteiger charge is 2.35. The molecule has 2 N–H and O–H groups in total. The summed E-state index contributed by atoms with van der Waals surface area (Å²) in [5.41, 5.74) is 0.765. The van der Waals surface area contributed by atoms with E-state index in [0.29, 0.717) is 24.8 Å². The number of aliphatic hydroxyl groups excluding tert-OH is 1. The van der Waals surface area contributed by atoms with Crippen molar-refractivity contribution >= 4 is 17.5 Å². The SMILES string of the molecule is COc1cccc(N2CC(C(=O)NCCCC3CCCCC3O)CC2=O)c1. The van der Waals surface area contributed by atoms with Gasteiger partial charge >= 0.3 is 0 Å². The monoisotopic (exact) mass is 374 g/mol. The summed E-state index contributed by atoms with van der Waals surface area (Å²) in [5.74, 6) is 0.654. The smallest absolute Gasteiger partial charge is 0.227 e. The lowest BCUT2D eigenvalue weighted by molar-refractivity contribution is -0.126. The zero-order valence-corrected chi connectivity index (χ0v) is 16.0. The average Bonchev–Trinajstić information content (AvgIpc) is 3.08. The molecule has 1 heterocycles. The second-order valence-electron chi connectivity index (χ2n) is 7.65. The summed E-state index contributed by atoms with van der Waals surface area (Å²) in [6.45, 7) is 1.01. The summed E-state index contributed by atoms with van der Waals surface area (Å²) in [6.07, 6.45) is 6.17. The molecule has 6 nitrogen and oxygen atoms in total. The Labute approximate surface area is 160 Å². The minimum absolute atomic E-state index is 0.0336. The van der Waals surface area contributed by atoms with E-state index < -0.39 is 0 Å². The van der Waals surface area contributed by atoms with E-state index in [-0.39, 0.29) is 30.3 Å². The first-order valence-electron chi connectivity index (χ1n) is 9.98. The van der Waals surface area contributed by atoms with Crippen LogP contribution in [0.1, 0.15) is 44.9 Å². The van der Waals surface area contributed by atoms with Gasteiger partial charge in [-0.2, -0.15) is 0 Å². The van der Waals surface area contributed by atoms with Crippen LogP contribution < -0.4 is 15.0 Å². The molecule has 27 heavy (non-hydrogen) atoms. The normalized spacial score (nSPS) is 25.5. The maximum Gasteiger partial charge on any atom is 0.227 e. The molecule has 0 aromatic heterocycles. The fourth-order valence-electron chi connectivity index (χ4n) is 4.16. The summed E-state index contributed by atoms with van der Waals surface area (Å²) in [6, 6.07) is 7.34. The molecule has 1 aromatic carbocycles. The Kier molecular flexibility index (Phi) is 6.72. The number of hydrogen-bond donors (Lipinski definition) is 2. The van der Waals surface area contributed by atoms with Gasteiger partial charge in [0.1, 0.15) is 5.75 Å². The quantitative estimate of drug-likeness (QED) is 0.719. The number of benzene rings is 1.